The first-order valence-corrected chi connectivity index (χ1v) is 7.88. The summed E-state index contributed by atoms with van der Waals surface area (Å²) in [7, 11) is -4.81. The Kier molecular flexibility index (Phi) is 3.85. The number of pyridine rings is 1. The van der Waals surface area contributed by atoms with Crippen LogP contribution in [-0.4, -0.2) is 18.0 Å². The molecule has 9 heteroatoms. The average molecular weight is 337 g/mol. The molecule has 0 bridgehead atoms. The van der Waals surface area contributed by atoms with Crippen molar-refractivity contribution in [3.05, 3.63) is 33.8 Å². The van der Waals surface area contributed by atoms with E-state index in [9.17, 15) is 26.1 Å². The highest BCUT2D eigenvalue weighted by atomic mass is 32.2. The molecule has 0 unspecified atom stereocenters. The molecular formula is C12H10F3NO3S2. The number of rotatable bonds is 2. The van der Waals surface area contributed by atoms with Crippen molar-refractivity contribution in [3.63, 3.8) is 0 Å². The molecule has 0 radical (unpaired) electrons. The van der Waals surface area contributed by atoms with Crippen LogP contribution in [0.2, 0.25) is 0 Å². The van der Waals surface area contributed by atoms with Gasteiger partial charge in [0.1, 0.15) is 10.6 Å². The van der Waals surface area contributed by atoms with E-state index in [1.807, 2.05) is 0 Å². The molecule has 2 heterocycles. The highest BCUT2D eigenvalue weighted by Crippen LogP contribution is 2.37. The Morgan fingerprint density at radius 2 is 1.81 bits per heavy atom. The van der Waals surface area contributed by atoms with E-state index in [4.69, 9.17) is 0 Å². The van der Waals surface area contributed by atoms with E-state index in [2.05, 4.69) is 4.98 Å². The van der Waals surface area contributed by atoms with E-state index in [1.165, 1.54) is 11.3 Å². The summed E-state index contributed by atoms with van der Waals surface area (Å²) in [6.07, 6.45) is -3.97. The van der Waals surface area contributed by atoms with Crippen molar-refractivity contribution >= 4 is 21.5 Å². The van der Waals surface area contributed by atoms with Gasteiger partial charge in [-0.15, -0.1) is 11.3 Å². The molecule has 0 aromatic carbocycles. The first-order valence-electron chi connectivity index (χ1n) is 5.62. The van der Waals surface area contributed by atoms with Crippen molar-refractivity contribution < 1.29 is 26.1 Å². The van der Waals surface area contributed by atoms with Gasteiger partial charge in [0.25, 0.3) is 10.1 Å². The third-order valence-electron chi connectivity index (χ3n) is 2.77. The SMILES string of the molecule is Cc1cc(-c2cnc(C(F)(F)F)cc2S(=O)(=O)O)c(C)s1. The number of aromatic nitrogens is 1. The molecule has 0 amide bonds. The van der Waals surface area contributed by atoms with Crippen molar-refractivity contribution in [2.45, 2.75) is 24.9 Å². The fraction of sp³-hybridized carbons (Fsp3) is 0.250. The van der Waals surface area contributed by atoms with Crippen LogP contribution >= 0.6 is 11.3 Å². The Balaban J connectivity index is 2.76. The first-order chi connectivity index (χ1) is 9.50. The Hall–Kier alpha value is -1.45. The minimum Gasteiger partial charge on any atom is -0.282 e. The predicted octanol–water partition coefficient (Wildman–Crippen LogP) is 3.69. The Bertz CT molecular complexity index is 795. The van der Waals surface area contributed by atoms with Crippen LogP contribution in [0.15, 0.2) is 23.2 Å². The monoisotopic (exact) mass is 337 g/mol. The van der Waals surface area contributed by atoms with Crippen LogP contribution in [0.5, 0.6) is 0 Å². The lowest BCUT2D eigenvalue weighted by Gasteiger charge is -2.11. The van der Waals surface area contributed by atoms with E-state index in [0.29, 0.717) is 11.6 Å². The zero-order chi connectivity index (χ0) is 16.0. The van der Waals surface area contributed by atoms with Crippen LogP contribution in [-0.2, 0) is 16.3 Å². The zero-order valence-corrected chi connectivity index (χ0v) is 12.5. The number of alkyl halides is 3. The van der Waals surface area contributed by atoms with Crippen molar-refractivity contribution in [1.29, 1.82) is 0 Å². The third-order valence-corrected chi connectivity index (χ3v) is 4.62. The van der Waals surface area contributed by atoms with Gasteiger partial charge in [-0.3, -0.25) is 9.54 Å². The first kappa shape index (κ1) is 15.9. The lowest BCUT2D eigenvalue weighted by atomic mass is 10.1. The van der Waals surface area contributed by atoms with Gasteiger partial charge in [0.05, 0.1) is 0 Å². The van der Waals surface area contributed by atoms with E-state index < -0.39 is 26.9 Å². The number of halogens is 3. The molecule has 114 valence electrons. The normalized spacial score (nSPS) is 12.7. The summed E-state index contributed by atoms with van der Waals surface area (Å²) in [5.41, 5.74) is -0.984. The molecule has 1 N–H and O–H groups in total. The van der Waals surface area contributed by atoms with Gasteiger partial charge in [-0.05, 0) is 31.5 Å². The van der Waals surface area contributed by atoms with Crippen LogP contribution in [0.4, 0.5) is 13.2 Å². The Labute approximate surface area is 123 Å². The van der Waals surface area contributed by atoms with Crippen molar-refractivity contribution in [1.82, 2.24) is 4.98 Å². The van der Waals surface area contributed by atoms with E-state index in [0.717, 1.165) is 16.0 Å². The molecule has 0 saturated carbocycles. The summed E-state index contributed by atoms with van der Waals surface area (Å²) in [5, 5.41) is 0. The van der Waals surface area contributed by atoms with Crippen LogP contribution in [0.1, 0.15) is 15.4 Å². The standard InChI is InChI=1S/C12H10F3NO3S2/c1-6-3-8(7(2)20-6)9-5-16-11(12(13,14)15)4-10(9)21(17,18)19/h3-5H,1-2H3,(H,17,18,19). The number of nitrogens with zero attached hydrogens (tertiary/aromatic N) is 1. The molecule has 2 aromatic rings. The van der Waals surface area contributed by atoms with Gasteiger partial charge in [-0.1, -0.05) is 0 Å². The van der Waals surface area contributed by atoms with Gasteiger partial charge in [0, 0.05) is 21.5 Å². The average Bonchev–Trinajstić information content (AvgIpc) is 2.65. The largest absolute Gasteiger partial charge is 0.433 e. The number of thiophene rings is 1. The maximum absolute atomic E-state index is 12.6. The smallest absolute Gasteiger partial charge is 0.282 e. The summed E-state index contributed by atoms with van der Waals surface area (Å²) in [4.78, 5) is 4.04. The molecule has 0 saturated heterocycles. The minimum absolute atomic E-state index is 0.0487. The lowest BCUT2D eigenvalue weighted by molar-refractivity contribution is -0.141. The van der Waals surface area contributed by atoms with Gasteiger partial charge >= 0.3 is 6.18 Å². The van der Waals surface area contributed by atoms with Crippen LogP contribution < -0.4 is 0 Å². The number of hydrogen-bond donors (Lipinski definition) is 1. The van der Waals surface area contributed by atoms with Gasteiger partial charge < -0.3 is 0 Å². The molecule has 0 aliphatic rings. The van der Waals surface area contributed by atoms with Crippen LogP contribution in [0.25, 0.3) is 11.1 Å². The summed E-state index contributed by atoms with van der Waals surface area (Å²) in [5.74, 6) is 0. The molecular weight excluding hydrogens is 327 g/mol. The summed E-state index contributed by atoms with van der Waals surface area (Å²) in [6, 6.07) is 1.98. The molecule has 0 aliphatic carbocycles. The number of hydrogen-bond acceptors (Lipinski definition) is 4. The summed E-state index contributed by atoms with van der Waals surface area (Å²) < 4.78 is 69.9. The molecule has 0 atom stereocenters. The molecule has 0 spiro atoms. The number of aryl methyl sites for hydroxylation is 2. The van der Waals surface area contributed by atoms with Crippen molar-refractivity contribution in [3.8, 4) is 11.1 Å². The molecule has 2 aromatic heterocycles. The van der Waals surface area contributed by atoms with Gasteiger partial charge in [0.2, 0.25) is 0 Å². The highest BCUT2D eigenvalue weighted by molar-refractivity contribution is 7.86. The zero-order valence-electron chi connectivity index (χ0n) is 10.9. The summed E-state index contributed by atoms with van der Waals surface area (Å²) in [6.45, 7) is 3.49. The van der Waals surface area contributed by atoms with Crippen molar-refractivity contribution in [2.24, 2.45) is 0 Å². The second-order valence-electron chi connectivity index (χ2n) is 4.37. The summed E-state index contributed by atoms with van der Waals surface area (Å²) >= 11 is 1.37. The van der Waals surface area contributed by atoms with Gasteiger partial charge in [-0.25, -0.2) is 0 Å². The fourth-order valence-electron chi connectivity index (χ4n) is 1.91. The third kappa shape index (κ3) is 3.25. The minimum atomic E-state index is -4.81. The highest BCUT2D eigenvalue weighted by Gasteiger charge is 2.34. The van der Waals surface area contributed by atoms with Gasteiger partial charge in [0.15, 0.2) is 0 Å². The quantitative estimate of drug-likeness (QED) is 0.849. The van der Waals surface area contributed by atoms with E-state index >= 15 is 0 Å². The van der Waals surface area contributed by atoms with Crippen molar-refractivity contribution in [2.75, 3.05) is 0 Å². The second kappa shape index (κ2) is 5.08. The second-order valence-corrected chi connectivity index (χ2v) is 7.22. The Morgan fingerprint density at radius 1 is 1.19 bits per heavy atom. The maximum atomic E-state index is 12.6. The molecule has 4 nitrogen and oxygen atoms in total. The molecule has 21 heavy (non-hydrogen) atoms. The van der Waals surface area contributed by atoms with Crippen LogP contribution in [0, 0.1) is 13.8 Å². The topological polar surface area (TPSA) is 67.3 Å². The lowest BCUT2D eigenvalue weighted by Crippen LogP contribution is -2.11. The fourth-order valence-corrected chi connectivity index (χ4v) is 3.55. The molecule has 2 rings (SSSR count). The molecule has 0 aliphatic heterocycles. The van der Waals surface area contributed by atoms with Gasteiger partial charge in [-0.2, -0.15) is 21.6 Å². The van der Waals surface area contributed by atoms with E-state index in [-0.39, 0.29) is 5.56 Å². The maximum Gasteiger partial charge on any atom is 0.433 e. The predicted molar refractivity (Wildman–Crippen MR) is 71.8 cm³/mol. The van der Waals surface area contributed by atoms with E-state index in [1.54, 1.807) is 19.9 Å². The Morgan fingerprint density at radius 3 is 2.24 bits per heavy atom. The van der Waals surface area contributed by atoms with Crippen LogP contribution in [0.3, 0.4) is 0 Å². The molecule has 0 fully saturated rings.